The van der Waals surface area contributed by atoms with Crippen molar-refractivity contribution in [2.75, 3.05) is 10.6 Å². The van der Waals surface area contributed by atoms with Crippen LogP contribution in [0.5, 0.6) is 0 Å². The maximum Gasteiger partial charge on any atom is 0.172 e. The summed E-state index contributed by atoms with van der Waals surface area (Å²) in [5.41, 5.74) is 11.9. The van der Waals surface area contributed by atoms with Gasteiger partial charge in [-0.3, -0.25) is 0 Å². The first-order chi connectivity index (χ1) is 10.2. The van der Waals surface area contributed by atoms with Crippen molar-refractivity contribution in [1.29, 1.82) is 0 Å². The van der Waals surface area contributed by atoms with Crippen molar-refractivity contribution in [2.24, 2.45) is 0 Å². The molecule has 2 aromatic carbocycles. The van der Waals surface area contributed by atoms with Gasteiger partial charge >= 0.3 is 0 Å². The van der Waals surface area contributed by atoms with Crippen LogP contribution in [0.1, 0.15) is 16.7 Å². The van der Waals surface area contributed by atoms with Gasteiger partial charge in [0.1, 0.15) is 0 Å². The molecule has 1 aliphatic rings. The second kappa shape index (κ2) is 4.45. The highest BCUT2D eigenvalue weighted by Crippen LogP contribution is 2.32. The Labute approximate surface area is 123 Å². The lowest BCUT2D eigenvalue weighted by Gasteiger charge is -2.18. The number of aromatic nitrogens is 2. The number of para-hydroxylation sites is 2. The molecule has 4 nitrogen and oxygen atoms in total. The Morgan fingerprint density at radius 2 is 1.71 bits per heavy atom. The topological polar surface area (TPSA) is 55.0 Å². The summed E-state index contributed by atoms with van der Waals surface area (Å²) < 4.78 is 0. The molecular formula is C17H16N4. The van der Waals surface area contributed by atoms with E-state index in [9.17, 15) is 0 Å². The predicted octanol–water partition coefficient (Wildman–Crippen LogP) is 3.04. The number of rotatable bonds is 1. The molecule has 21 heavy (non-hydrogen) atoms. The molecule has 104 valence electrons. The van der Waals surface area contributed by atoms with E-state index in [2.05, 4.69) is 35.0 Å². The van der Waals surface area contributed by atoms with Crippen LogP contribution in [-0.4, -0.2) is 9.97 Å². The third-order valence-electron chi connectivity index (χ3n) is 4.10. The third-order valence-corrected chi connectivity index (χ3v) is 4.10. The van der Waals surface area contributed by atoms with Crippen LogP contribution in [0.25, 0.3) is 11.0 Å². The Morgan fingerprint density at radius 3 is 2.48 bits per heavy atom. The Morgan fingerprint density at radius 1 is 0.952 bits per heavy atom. The van der Waals surface area contributed by atoms with Gasteiger partial charge in [-0.15, -0.1) is 0 Å². The minimum atomic E-state index is 0.499. The van der Waals surface area contributed by atoms with Crippen molar-refractivity contribution in [3.63, 3.8) is 0 Å². The summed E-state index contributed by atoms with van der Waals surface area (Å²) in [5, 5.41) is 0. The Kier molecular flexibility index (Phi) is 2.57. The zero-order valence-corrected chi connectivity index (χ0v) is 11.9. The third kappa shape index (κ3) is 1.91. The molecule has 1 aromatic heterocycles. The summed E-state index contributed by atoms with van der Waals surface area (Å²) >= 11 is 0. The first-order valence-electron chi connectivity index (χ1n) is 7.07. The fourth-order valence-corrected chi connectivity index (χ4v) is 2.98. The van der Waals surface area contributed by atoms with Crippen molar-refractivity contribution >= 4 is 22.7 Å². The van der Waals surface area contributed by atoms with Crippen LogP contribution in [0.4, 0.5) is 11.6 Å². The number of aryl methyl sites for hydroxylation is 1. The molecule has 0 amide bonds. The van der Waals surface area contributed by atoms with E-state index in [0.717, 1.165) is 29.9 Å². The average Bonchev–Trinajstić information content (AvgIpc) is 2.92. The summed E-state index contributed by atoms with van der Waals surface area (Å²) in [4.78, 5) is 11.4. The number of hydrogen-bond acceptors (Lipinski definition) is 4. The average molecular weight is 276 g/mol. The molecule has 0 bridgehead atoms. The number of hydrogen-bond donors (Lipinski definition) is 1. The number of nitrogens with zero attached hydrogens (tertiary/aromatic N) is 3. The monoisotopic (exact) mass is 276 g/mol. The largest absolute Gasteiger partial charge is 0.381 e. The number of anilines is 2. The van der Waals surface area contributed by atoms with E-state index in [1.165, 1.54) is 16.7 Å². The molecule has 0 radical (unpaired) electrons. The van der Waals surface area contributed by atoms with Crippen LogP contribution in [-0.2, 0) is 13.1 Å². The predicted molar refractivity (Wildman–Crippen MR) is 85.0 cm³/mol. The molecule has 0 saturated heterocycles. The lowest BCUT2D eigenvalue weighted by atomic mass is 10.1. The van der Waals surface area contributed by atoms with Gasteiger partial charge in [-0.1, -0.05) is 30.3 Å². The van der Waals surface area contributed by atoms with Gasteiger partial charge in [0.25, 0.3) is 0 Å². The molecule has 4 heteroatoms. The summed E-state index contributed by atoms with van der Waals surface area (Å²) in [7, 11) is 0. The molecule has 2 heterocycles. The molecule has 0 aliphatic carbocycles. The van der Waals surface area contributed by atoms with Crippen molar-refractivity contribution in [1.82, 2.24) is 9.97 Å². The van der Waals surface area contributed by atoms with Crippen molar-refractivity contribution in [3.8, 4) is 0 Å². The fourth-order valence-electron chi connectivity index (χ4n) is 2.98. The van der Waals surface area contributed by atoms with Gasteiger partial charge in [0.2, 0.25) is 0 Å². The number of nitrogens with two attached hydrogens (primary N) is 1. The Balaban J connectivity index is 1.79. The Bertz CT molecular complexity index is 841. The second-order valence-electron chi connectivity index (χ2n) is 5.49. The summed E-state index contributed by atoms with van der Waals surface area (Å²) in [6, 6.07) is 14.3. The Hall–Kier alpha value is -2.62. The molecular weight excluding hydrogens is 260 g/mol. The van der Waals surface area contributed by atoms with Gasteiger partial charge < -0.3 is 10.6 Å². The number of nitrogen functional groups attached to an aromatic ring is 1. The van der Waals surface area contributed by atoms with E-state index < -0.39 is 0 Å². The highest BCUT2D eigenvalue weighted by Gasteiger charge is 2.23. The van der Waals surface area contributed by atoms with Gasteiger partial charge in [0, 0.05) is 13.1 Å². The molecule has 4 rings (SSSR count). The maximum atomic E-state index is 6.12. The van der Waals surface area contributed by atoms with E-state index in [0.29, 0.717) is 5.82 Å². The lowest BCUT2D eigenvalue weighted by Crippen LogP contribution is -2.18. The molecule has 0 atom stereocenters. The molecule has 0 unspecified atom stereocenters. The summed E-state index contributed by atoms with van der Waals surface area (Å²) in [5.74, 6) is 1.28. The summed E-state index contributed by atoms with van der Waals surface area (Å²) in [6.45, 7) is 3.84. The number of benzene rings is 2. The van der Waals surface area contributed by atoms with Crippen LogP contribution in [0, 0.1) is 6.92 Å². The second-order valence-corrected chi connectivity index (χ2v) is 5.49. The zero-order valence-electron chi connectivity index (χ0n) is 11.9. The lowest BCUT2D eigenvalue weighted by molar-refractivity contribution is 0.857. The van der Waals surface area contributed by atoms with E-state index in [-0.39, 0.29) is 0 Å². The van der Waals surface area contributed by atoms with Crippen LogP contribution >= 0.6 is 0 Å². The minimum absolute atomic E-state index is 0.499. The molecule has 0 spiro atoms. The van der Waals surface area contributed by atoms with Gasteiger partial charge in [0.15, 0.2) is 11.6 Å². The number of fused-ring (bicyclic) bond motifs is 2. The van der Waals surface area contributed by atoms with Crippen molar-refractivity contribution in [3.05, 3.63) is 59.2 Å². The van der Waals surface area contributed by atoms with E-state index in [1.54, 1.807) is 0 Å². The fraction of sp³-hybridized carbons (Fsp3) is 0.176. The minimum Gasteiger partial charge on any atom is -0.381 e. The van der Waals surface area contributed by atoms with Crippen LogP contribution in [0.2, 0.25) is 0 Å². The first kappa shape index (κ1) is 12.1. The quantitative estimate of drug-likeness (QED) is 0.742. The molecule has 2 N–H and O–H groups in total. The van der Waals surface area contributed by atoms with Crippen LogP contribution < -0.4 is 10.6 Å². The van der Waals surface area contributed by atoms with Gasteiger partial charge in [-0.25, -0.2) is 9.97 Å². The summed E-state index contributed by atoms with van der Waals surface area (Å²) in [6.07, 6.45) is 0. The van der Waals surface area contributed by atoms with Gasteiger partial charge in [-0.2, -0.15) is 0 Å². The standard InChI is InChI=1S/C17H16N4/c1-11-5-4-6-12-9-21(10-13(11)12)17-16(18)19-14-7-2-3-8-15(14)20-17/h2-8H,9-10H2,1H3,(H2,18,19). The molecule has 3 aromatic rings. The van der Waals surface area contributed by atoms with Crippen molar-refractivity contribution in [2.45, 2.75) is 20.0 Å². The van der Waals surface area contributed by atoms with Gasteiger partial charge in [0.05, 0.1) is 11.0 Å². The van der Waals surface area contributed by atoms with E-state index in [1.807, 2.05) is 24.3 Å². The highest BCUT2D eigenvalue weighted by molar-refractivity contribution is 5.80. The molecule has 1 aliphatic heterocycles. The van der Waals surface area contributed by atoms with Gasteiger partial charge in [-0.05, 0) is 35.7 Å². The van der Waals surface area contributed by atoms with E-state index >= 15 is 0 Å². The first-order valence-corrected chi connectivity index (χ1v) is 7.07. The van der Waals surface area contributed by atoms with Crippen LogP contribution in [0.15, 0.2) is 42.5 Å². The van der Waals surface area contributed by atoms with E-state index in [4.69, 9.17) is 10.7 Å². The normalized spacial score (nSPS) is 13.7. The highest BCUT2D eigenvalue weighted by atomic mass is 15.2. The smallest absolute Gasteiger partial charge is 0.172 e. The van der Waals surface area contributed by atoms with Crippen LogP contribution in [0.3, 0.4) is 0 Å². The zero-order chi connectivity index (χ0) is 14.4. The van der Waals surface area contributed by atoms with Crippen molar-refractivity contribution < 1.29 is 0 Å². The SMILES string of the molecule is Cc1cccc2c1CN(c1nc3ccccc3nc1N)C2. The molecule has 0 fully saturated rings. The molecule has 0 saturated carbocycles. The maximum absolute atomic E-state index is 6.12.